The van der Waals surface area contributed by atoms with Crippen LogP contribution in [0.5, 0.6) is 0 Å². The predicted molar refractivity (Wildman–Crippen MR) is 64.9 cm³/mol. The molecule has 0 radical (unpaired) electrons. The fraction of sp³-hybridized carbons (Fsp3) is 0.250. The highest BCUT2D eigenvalue weighted by Gasteiger charge is 2.19. The van der Waals surface area contributed by atoms with Crippen molar-refractivity contribution in [3.8, 4) is 0 Å². The van der Waals surface area contributed by atoms with E-state index in [9.17, 15) is 9.90 Å². The summed E-state index contributed by atoms with van der Waals surface area (Å²) in [6, 6.07) is 4.95. The molecule has 0 aromatic carbocycles. The van der Waals surface area contributed by atoms with Gasteiger partial charge in [-0.1, -0.05) is 18.5 Å². The van der Waals surface area contributed by atoms with Crippen LogP contribution < -0.4 is 0 Å². The number of halogens is 1. The van der Waals surface area contributed by atoms with Gasteiger partial charge < -0.3 is 14.6 Å². The summed E-state index contributed by atoms with van der Waals surface area (Å²) in [6.45, 7) is 1.78. The molecule has 0 saturated heterocycles. The second-order valence-electron chi connectivity index (χ2n) is 3.95. The van der Waals surface area contributed by atoms with E-state index in [0.29, 0.717) is 10.5 Å². The SMILES string of the molecule is CC(CO)c1cc(C(=O)O)c2c(Cl)cccn12. The average Bonchev–Trinajstić information content (AvgIpc) is 2.69. The third-order valence-corrected chi connectivity index (χ3v) is 3.08. The summed E-state index contributed by atoms with van der Waals surface area (Å²) in [5.74, 6) is -1.17. The van der Waals surface area contributed by atoms with Crippen molar-refractivity contribution in [1.29, 1.82) is 0 Å². The lowest BCUT2D eigenvalue weighted by atomic mass is 10.1. The molecular formula is C12H12ClNO3. The van der Waals surface area contributed by atoms with Crippen molar-refractivity contribution in [1.82, 2.24) is 4.40 Å². The molecule has 0 spiro atoms. The van der Waals surface area contributed by atoms with Gasteiger partial charge in [0.15, 0.2) is 0 Å². The number of carboxylic acid groups (broad SMARTS) is 1. The van der Waals surface area contributed by atoms with Gasteiger partial charge in [-0.05, 0) is 18.2 Å². The molecule has 0 amide bonds. The largest absolute Gasteiger partial charge is 0.478 e. The van der Waals surface area contributed by atoms with Gasteiger partial charge in [0.2, 0.25) is 0 Å². The van der Waals surface area contributed by atoms with Crippen LogP contribution >= 0.6 is 11.6 Å². The van der Waals surface area contributed by atoms with E-state index < -0.39 is 5.97 Å². The Morgan fingerprint density at radius 3 is 2.88 bits per heavy atom. The Hall–Kier alpha value is -1.52. The van der Waals surface area contributed by atoms with Crippen molar-refractivity contribution in [2.24, 2.45) is 0 Å². The van der Waals surface area contributed by atoms with E-state index in [2.05, 4.69) is 0 Å². The minimum absolute atomic E-state index is 0.0440. The van der Waals surface area contributed by atoms with E-state index in [1.54, 1.807) is 28.8 Å². The first kappa shape index (κ1) is 12.0. The van der Waals surface area contributed by atoms with Crippen LogP contribution in [0, 0.1) is 0 Å². The summed E-state index contributed by atoms with van der Waals surface area (Å²) < 4.78 is 1.71. The summed E-state index contributed by atoms with van der Waals surface area (Å²) in [4.78, 5) is 11.2. The summed E-state index contributed by atoms with van der Waals surface area (Å²) in [7, 11) is 0. The molecule has 0 saturated carbocycles. The number of carbonyl (C=O) groups is 1. The van der Waals surface area contributed by atoms with E-state index in [1.165, 1.54) is 0 Å². The highest BCUT2D eigenvalue weighted by Crippen LogP contribution is 2.28. The molecule has 2 aromatic rings. The van der Waals surface area contributed by atoms with Crippen LogP contribution in [-0.4, -0.2) is 27.2 Å². The molecule has 17 heavy (non-hydrogen) atoms. The van der Waals surface area contributed by atoms with Crippen LogP contribution in [0.4, 0.5) is 0 Å². The quantitative estimate of drug-likeness (QED) is 0.883. The first-order valence-electron chi connectivity index (χ1n) is 5.20. The fourth-order valence-electron chi connectivity index (χ4n) is 1.88. The Bertz CT molecular complexity index is 576. The summed E-state index contributed by atoms with van der Waals surface area (Å²) >= 11 is 6.02. The van der Waals surface area contributed by atoms with Crippen molar-refractivity contribution >= 4 is 23.1 Å². The Morgan fingerprint density at radius 2 is 2.29 bits per heavy atom. The minimum atomic E-state index is -1.02. The highest BCUT2D eigenvalue weighted by atomic mass is 35.5. The Kier molecular flexibility index (Phi) is 3.09. The summed E-state index contributed by atoms with van der Waals surface area (Å²) in [6.07, 6.45) is 1.75. The van der Waals surface area contributed by atoms with E-state index in [4.69, 9.17) is 16.7 Å². The van der Waals surface area contributed by atoms with E-state index in [0.717, 1.165) is 5.69 Å². The number of pyridine rings is 1. The molecule has 2 rings (SSSR count). The van der Waals surface area contributed by atoms with Gasteiger partial charge in [0.05, 0.1) is 22.7 Å². The van der Waals surface area contributed by atoms with Crippen molar-refractivity contribution in [2.45, 2.75) is 12.8 Å². The second kappa shape index (κ2) is 4.39. The molecule has 90 valence electrons. The molecule has 2 aromatic heterocycles. The fourth-order valence-corrected chi connectivity index (χ4v) is 2.14. The van der Waals surface area contributed by atoms with Gasteiger partial charge >= 0.3 is 5.97 Å². The monoisotopic (exact) mass is 253 g/mol. The molecule has 2 heterocycles. The molecule has 1 unspecified atom stereocenters. The van der Waals surface area contributed by atoms with Gasteiger partial charge in [-0.2, -0.15) is 0 Å². The summed E-state index contributed by atoms with van der Waals surface area (Å²) in [5, 5.41) is 18.7. The third-order valence-electron chi connectivity index (χ3n) is 2.78. The molecule has 0 aliphatic carbocycles. The molecule has 0 aliphatic rings. The highest BCUT2D eigenvalue weighted by molar-refractivity contribution is 6.34. The number of aromatic carboxylic acids is 1. The predicted octanol–water partition coefficient (Wildman–Crippen LogP) is 2.39. The van der Waals surface area contributed by atoms with Crippen molar-refractivity contribution in [3.05, 3.63) is 40.7 Å². The van der Waals surface area contributed by atoms with Gasteiger partial charge in [0.25, 0.3) is 0 Å². The topological polar surface area (TPSA) is 61.9 Å². The molecule has 1 atom stereocenters. The lowest BCUT2D eigenvalue weighted by molar-refractivity contribution is 0.0699. The van der Waals surface area contributed by atoms with Gasteiger partial charge in [0.1, 0.15) is 0 Å². The standard InChI is InChI=1S/C12H12ClNO3/c1-7(6-15)10-5-8(12(16)17)11-9(13)3-2-4-14(10)11/h2-5,7,15H,6H2,1H3,(H,16,17). The first-order valence-corrected chi connectivity index (χ1v) is 5.57. The van der Waals surface area contributed by atoms with Crippen molar-refractivity contribution in [3.63, 3.8) is 0 Å². The number of rotatable bonds is 3. The smallest absolute Gasteiger partial charge is 0.337 e. The number of fused-ring (bicyclic) bond motifs is 1. The lowest BCUT2D eigenvalue weighted by Crippen LogP contribution is -2.02. The van der Waals surface area contributed by atoms with Crippen molar-refractivity contribution < 1.29 is 15.0 Å². The summed E-state index contributed by atoms with van der Waals surface area (Å²) in [5.41, 5.74) is 1.37. The normalized spacial score (nSPS) is 12.9. The average molecular weight is 254 g/mol. The number of nitrogens with zero attached hydrogens (tertiary/aromatic N) is 1. The van der Waals surface area contributed by atoms with E-state index in [1.807, 2.05) is 6.92 Å². The van der Waals surface area contributed by atoms with Crippen LogP contribution in [0.1, 0.15) is 28.9 Å². The zero-order chi connectivity index (χ0) is 12.6. The minimum Gasteiger partial charge on any atom is -0.478 e. The van der Waals surface area contributed by atoms with Crippen molar-refractivity contribution in [2.75, 3.05) is 6.61 Å². The molecule has 0 bridgehead atoms. The third kappa shape index (κ3) is 1.90. The van der Waals surface area contributed by atoms with Crippen LogP contribution in [0.2, 0.25) is 5.02 Å². The zero-order valence-corrected chi connectivity index (χ0v) is 9.98. The number of hydrogen-bond acceptors (Lipinski definition) is 2. The Morgan fingerprint density at radius 1 is 1.59 bits per heavy atom. The van der Waals surface area contributed by atoms with E-state index >= 15 is 0 Å². The number of aliphatic hydroxyl groups excluding tert-OH is 1. The van der Waals surface area contributed by atoms with Crippen LogP contribution in [0.25, 0.3) is 5.52 Å². The van der Waals surface area contributed by atoms with Crippen LogP contribution in [0.3, 0.4) is 0 Å². The molecule has 0 aliphatic heterocycles. The Labute approximate surface area is 103 Å². The molecule has 0 fully saturated rings. The maximum absolute atomic E-state index is 11.2. The molecule has 2 N–H and O–H groups in total. The van der Waals surface area contributed by atoms with Gasteiger partial charge in [-0.25, -0.2) is 4.79 Å². The van der Waals surface area contributed by atoms with Gasteiger partial charge in [0, 0.05) is 17.8 Å². The van der Waals surface area contributed by atoms with E-state index in [-0.39, 0.29) is 18.1 Å². The number of carboxylic acids is 1. The maximum atomic E-state index is 11.2. The molecular weight excluding hydrogens is 242 g/mol. The zero-order valence-electron chi connectivity index (χ0n) is 9.22. The van der Waals surface area contributed by atoms with Gasteiger partial charge in [-0.3, -0.25) is 0 Å². The van der Waals surface area contributed by atoms with Crippen LogP contribution in [0.15, 0.2) is 24.4 Å². The van der Waals surface area contributed by atoms with Crippen LogP contribution in [-0.2, 0) is 0 Å². The number of aromatic nitrogens is 1. The number of hydrogen-bond donors (Lipinski definition) is 2. The Balaban J connectivity index is 2.80. The number of aliphatic hydroxyl groups is 1. The second-order valence-corrected chi connectivity index (χ2v) is 4.35. The first-order chi connectivity index (χ1) is 8.06. The van der Waals surface area contributed by atoms with Gasteiger partial charge in [-0.15, -0.1) is 0 Å². The molecule has 5 heteroatoms. The maximum Gasteiger partial charge on any atom is 0.337 e. The molecule has 4 nitrogen and oxygen atoms in total. The lowest BCUT2D eigenvalue weighted by Gasteiger charge is -2.08.